The van der Waals surface area contributed by atoms with Gasteiger partial charge in [-0.2, -0.15) is 0 Å². The Balaban J connectivity index is 1.76. The summed E-state index contributed by atoms with van der Waals surface area (Å²) in [4.78, 5) is 13.8. The molecule has 0 spiro atoms. The fourth-order valence-electron chi connectivity index (χ4n) is 2.62. The topological polar surface area (TPSA) is 64.9 Å². The molecule has 132 valence electrons. The van der Waals surface area contributed by atoms with Crippen molar-refractivity contribution in [1.29, 1.82) is 0 Å². The number of rotatable bonds is 8. The Hall–Kier alpha value is -2.47. The number of fused-ring (bicyclic) bond motifs is 1. The van der Waals surface area contributed by atoms with Crippen LogP contribution in [0.3, 0.4) is 0 Å². The minimum Gasteiger partial charge on any atom is -0.379 e. The van der Waals surface area contributed by atoms with Crippen molar-refractivity contribution in [2.24, 2.45) is 7.05 Å². The van der Waals surface area contributed by atoms with Crippen LogP contribution in [0, 0.1) is 0 Å². The monoisotopic (exact) mass is 339 g/mol. The summed E-state index contributed by atoms with van der Waals surface area (Å²) in [5.74, 6) is 1.60. The third-order valence-corrected chi connectivity index (χ3v) is 3.90. The Labute approximate surface area is 148 Å². The third-order valence-electron chi connectivity index (χ3n) is 3.90. The van der Waals surface area contributed by atoms with Crippen LogP contribution in [0.15, 0.2) is 36.7 Å². The lowest BCUT2D eigenvalue weighted by Crippen LogP contribution is -2.08. The van der Waals surface area contributed by atoms with Gasteiger partial charge in [0.1, 0.15) is 11.3 Å². The molecule has 3 rings (SSSR count). The van der Waals surface area contributed by atoms with E-state index in [1.807, 2.05) is 43.7 Å². The zero-order chi connectivity index (χ0) is 17.6. The molecule has 0 amide bonds. The molecule has 0 saturated heterocycles. The number of aromatic nitrogens is 4. The van der Waals surface area contributed by atoms with Gasteiger partial charge >= 0.3 is 0 Å². The van der Waals surface area contributed by atoms with Gasteiger partial charge in [0.05, 0.1) is 12.4 Å². The molecule has 0 aliphatic heterocycles. The maximum atomic E-state index is 5.61. The van der Waals surface area contributed by atoms with E-state index in [9.17, 15) is 0 Å². The minimum absolute atomic E-state index is 0.253. The summed E-state index contributed by atoms with van der Waals surface area (Å²) in [6, 6.07) is 10.3. The van der Waals surface area contributed by atoms with Crippen molar-refractivity contribution in [1.82, 2.24) is 19.5 Å². The quantitative estimate of drug-likeness (QED) is 0.638. The second-order valence-electron chi connectivity index (χ2n) is 6.38. The molecule has 0 aliphatic carbocycles. The molecular weight excluding hydrogens is 314 g/mol. The van der Waals surface area contributed by atoms with Crippen molar-refractivity contribution in [2.75, 3.05) is 11.9 Å². The van der Waals surface area contributed by atoms with E-state index < -0.39 is 0 Å². The van der Waals surface area contributed by atoms with Crippen LogP contribution >= 0.6 is 0 Å². The number of hydrogen-bond acceptors (Lipinski definition) is 5. The summed E-state index contributed by atoms with van der Waals surface area (Å²) in [5.41, 5.74) is 2.86. The molecule has 0 unspecified atom stereocenters. The first-order valence-electron chi connectivity index (χ1n) is 8.71. The second kappa shape index (κ2) is 8.07. The smallest absolute Gasteiger partial charge is 0.165 e. The number of aryl methyl sites for hydroxylation is 2. The van der Waals surface area contributed by atoms with E-state index in [4.69, 9.17) is 9.72 Å². The van der Waals surface area contributed by atoms with Gasteiger partial charge in [-0.05, 0) is 25.8 Å². The Morgan fingerprint density at radius 2 is 1.96 bits per heavy atom. The van der Waals surface area contributed by atoms with E-state index in [0.717, 1.165) is 42.3 Å². The Kier molecular flexibility index (Phi) is 5.60. The highest BCUT2D eigenvalue weighted by Crippen LogP contribution is 2.19. The van der Waals surface area contributed by atoms with Gasteiger partial charge in [0.15, 0.2) is 11.5 Å². The molecule has 1 aromatic carbocycles. The van der Waals surface area contributed by atoms with Gasteiger partial charge in [-0.25, -0.2) is 15.0 Å². The van der Waals surface area contributed by atoms with Crippen LogP contribution in [-0.2, 0) is 24.8 Å². The summed E-state index contributed by atoms with van der Waals surface area (Å²) < 4.78 is 7.54. The molecule has 6 heteroatoms. The lowest BCUT2D eigenvalue weighted by Gasteiger charge is -2.10. The first kappa shape index (κ1) is 17.4. The van der Waals surface area contributed by atoms with E-state index in [1.54, 1.807) is 6.33 Å². The van der Waals surface area contributed by atoms with Crippen LogP contribution in [-0.4, -0.2) is 32.2 Å². The van der Waals surface area contributed by atoms with Crippen molar-refractivity contribution in [3.63, 3.8) is 0 Å². The molecule has 0 atom stereocenters. The van der Waals surface area contributed by atoms with Gasteiger partial charge in [0, 0.05) is 26.6 Å². The molecule has 0 bridgehead atoms. The highest BCUT2D eigenvalue weighted by Gasteiger charge is 2.12. The van der Waals surface area contributed by atoms with Crippen LogP contribution in [0.1, 0.15) is 31.7 Å². The first-order valence-corrected chi connectivity index (χ1v) is 8.71. The normalized spacial score (nSPS) is 11.4. The number of imidazole rings is 1. The fourth-order valence-corrected chi connectivity index (χ4v) is 2.62. The van der Waals surface area contributed by atoms with E-state index in [2.05, 4.69) is 27.4 Å². The van der Waals surface area contributed by atoms with Crippen LogP contribution in [0.25, 0.3) is 11.2 Å². The Bertz CT molecular complexity index is 813. The van der Waals surface area contributed by atoms with E-state index in [-0.39, 0.29) is 6.10 Å². The molecule has 25 heavy (non-hydrogen) atoms. The van der Waals surface area contributed by atoms with E-state index in [0.29, 0.717) is 6.54 Å². The molecule has 0 fully saturated rings. The summed E-state index contributed by atoms with van der Waals surface area (Å²) in [5, 5.41) is 3.41. The molecule has 0 aliphatic rings. The summed E-state index contributed by atoms with van der Waals surface area (Å²) in [7, 11) is 1.95. The van der Waals surface area contributed by atoms with Crippen molar-refractivity contribution in [2.45, 2.75) is 39.3 Å². The van der Waals surface area contributed by atoms with Gasteiger partial charge in [-0.15, -0.1) is 0 Å². The lowest BCUT2D eigenvalue weighted by molar-refractivity contribution is 0.0769. The zero-order valence-electron chi connectivity index (χ0n) is 15.1. The highest BCUT2D eigenvalue weighted by molar-refractivity contribution is 5.82. The average Bonchev–Trinajstić information content (AvgIpc) is 2.99. The van der Waals surface area contributed by atoms with Crippen molar-refractivity contribution in [3.05, 3.63) is 48.0 Å². The summed E-state index contributed by atoms with van der Waals surface area (Å²) in [6.45, 7) is 5.52. The largest absolute Gasteiger partial charge is 0.379 e. The molecule has 2 aromatic heterocycles. The van der Waals surface area contributed by atoms with Gasteiger partial charge in [0.25, 0.3) is 0 Å². The molecule has 2 heterocycles. The molecule has 6 nitrogen and oxygen atoms in total. The zero-order valence-corrected chi connectivity index (χ0v) is 15.1. The third kappa shape index (κ3) is 4.54. The van der Waals surface area contributed by atoms with Gasteiger partial charge in [-0.1, -0.05) is 30.3 Å². The molecule has 1 N–H and O–H groups in total. The summed E-state index contributed by atoms with van der Waals surface area (Å²) in [6.07, 6.45) is 3.72. The lowest BCUT2D eigenvalue weighted by atomic mass is 10.2. The maximum Gasteiger partial charge on any atom is 0.165 e. The number of nitrogens with zero attached hydrogens (tertiary/aromatic N) is 4. The predicted molar refractivity (Wildman–Crippen MR) is 99.5 cm³/mol. The number of anilines is 1. The van der Waals surface area contributed by atoms with Crippen molar-refractivity contribution < 1.29 is 4.74 Å². The summed E-state index contributed by atoms with van der Waals surface area (Å²) >= 11 is 0. The second-order valence-corrected chi connectivity index (χ2v) is 6.38. The van der Waals surface area contributed by atoms with E-state index >= 15 is 0 Å². The molecule has 3 aromatic rings. The van der Waals surface area contributed by atoms with Crippen LogP contribution < -0.4 is 5.32 Å². The van der Waals surface area contributed by atoms with Crippen molar-refractivity contribution in [3.8, 4) is 0 Å². The molecular formula is C19H25N5O. The van der Waals surface area contributed by atoms with Gasteiger partial charge in [0.2, 0.25) is 0 Å². The fraction of sp³-hybridized carbons (Fsp3) is 0.421. The Morgan fingerprint density at radius 1 is 1.16 bits per heavy atom. The maximum absolute atomic E-state index is 5.61. The van der Waals surface area contributed by atoms with Gasteiger partial charge in [-0.3, -0.25) is 0 Å². The van der Waals surface area contributed by atoms with Crippen LogP contribution in [0.2, 0.25) is 0 Å². The van der Waals surface area contributed by atoms with Gasteiger partial charge < -0.3 is 14.6 Å². The highest BCUT2D eigenvalue weighted by atomic mass is 16.5. The van der Waals surface area contributed by atoms with Crippen molar-refractivity contribution >= 4 is 17.0 Å². The number of ether oxygens (including phenoxy) is 1. The minimum atomic E-state index is 0.253. The molecule has 0 saturated carbocycles. The van der Waals surface area contributed by atoms with Crippen LogP contribution in [0.4, 0.5) is 5.82 Å². The predicted octanol–water partition coefficient (Wildman–Crippen LogP) is 3.33. The Morgan fingerprint density at radius 3 is 2.72 bits per heavy atom. The number of benzene rings is 1. The number of hydrogen-bond donors (Lipinski definition) is 1. The standard InChI is InChI=1S/C19H25N5O/c1-14(2)25-11-7-10-16-22-18(17-19(23-16)24(3)13-21-17)20-12-15-8-5-4-6-9-15/h4-6,8-9,13-14H,7,10-12H2,1-3H3,(H,20,22,23). The average molecular weight is 339 g/mol. The van der Waals surface area contributed by atoms with Crippen LogP contribution in [0.5, 0.6) is 0 Å². The van der Waals surface area contributed by atoms with E-state index in [1.165, 1.54) is 5.56 Å². The molecule has 0 radical (unpaired) electrons. The number of nitrogens with one attached hydrogen (secondary N) is 1. The first-order chi connectivity index (χ1) is 12.1. The SMILES string of the molecule is CC(C)OCCCc1nc(NCc2ccccc2)c2ncn(C)c2n1.